The highest BCUT2D eigenvalue weighted by Gasteiger charge is 2.21. The molecule has 1 fully saturated rings. The molecule has 1 unspecified atom stereocenters. The van der Waals surface area contributed by atoms with Crippen molar-refractivity contribution >= 4 is 5.97 Å². The lowest BCUT2D eigenvalue weighted by Gasteiger charge is -2.27. The molecule has 98 valence electrons. The van der Waals surface area contributed by atoms with Crippen LogP contribution in [0, 0.1) is 0 Å². The third kappa shape index (κ3) is 3.51. The van der Waals surface area contributed by atoms with Crippen molar-refractivity contribution in [1.29, 1.82) is 0 Å². The molecular weight excluding hydrogens is 232 g/mol. The van der Waals surface area contributed by atoms with Gasteiger partial charge in [-0.25, -0.2) is 0 Å². The van der Waals surface area contributed by atoms with E-state index in [1.807, 2.05) is 6.07 Å². The lowest BCUT2D eigenvalue weighted by Crippen LogP contribution is -2.37. The highest BCUT2D eigenvalue weighted by atomic mass is 16.5. The molecule has 0 amide bonds. The fourth-order valence-electron chi connectivity index (χ4n) is 2.15. The van der Waals surface area contributed by atoms with Gasteiger partial charge in [0.2, 0.25) is 0 Å². The number of hydrogen-bond donors (Lipinski definition) is 1. The smallest absolute Gasteiger partial charge is 0.311 e. The second kappa shape index (κ2) is 6.47. The standard InChI is InChI=1S/C13H18N2O3/c16-13(17)12(11-2-1-4-14-10-11)3-5-15-6-8-18-9-7-15/h1-2,4,10,12H,3,5-9H2,(H,16,17). The van der Waals surface area contributed by atoms with Gasteiger partial charge in [0.25, 0.3) is 0 Å². The summed E-state index contributed by atoms with van der Waals surface area (Å²) in [7, 11) is 0. The van der Waals surface area contributed by atoms with Gasteiger partial charge in [-0.2, -0.15) is 0 Å². The molecule has 18 heavy (non-hydrogen) atoms. The van der Waals surface area contributed by atoms with Crippen molar-refractivity contribution in [2.45, 2.75) is 12.3 Å². The summed E-state index contributed by atoms with van der Waals surface area (Å²) in [6.45, 7) is 4.04. The average Bonchev–Trinajstić information content (AvgIpc) is 2.41. The van der Waals surface area contributed by atoms with Gasteiger partial charge in [0.15, 0.2) is 0 Å². The van der Waals surface area contributed by atoms with Crippen LogP contribution in [0.1, 0.15) is 17.9 Å². The van der Waals surface area contributed by atoms with Crippen molar-refractivity contribution in [3.05, 3.63) is 30.1 Å². The number of nitrogens with zero attached hydrogens (tertiary/aromatic N) is 2. The zero-order valence-electron chi connectivity index (χ0n) is 10.3. The van der Waals surface area contributed by atoms with Crippen molar-refractivity contribution < 1.29 is 14.6 Å². The molecule has 1 aliphatic rings. The summed E-state index contributed by atoms with van der Waals surface area (Å²) in [5.74, 6) is -1.25. The molecule has 0 saturated carbocycles. The molecule has 0 radical (unpaired) electrons. The van der Waals surface area contributed by atoms with Crippen LogP contribution in [0.5, 0.6) is 0 Å². The van der Waals surface area contributed by atoms with Crippen LogP contribution in [0.25, 0.3) is 0 Å². The monoisotopic (exact) mass is 250 g/mol. The van der Waals surface area contributed by atoms with Crippen LogP contribution in [0.15, 0.2) is 24.5 Å². The SMILES string of the molecule is O=C(O)C(CCN1CCOCC1)c1cccnc1. The van der Waals surface area contributed by atoms with Gasteiger partial charge in [0.05, 0.1) is 19.1 Å². The van der Waals surface area contributed by atoms with Crippen LogP contribution in [-0.4, -0.2) is 53.8 Å². The first-order chi connectivity index (χ1) is 8.77. The quantitative estimate of drug-likeness (QED) is 0.843. The van der Waals surface area contributed by atoms with Gasteiger partial charge >= 0.3 is 5.97 Å². The third-order valence-corrected chi connectivity index (χ3v) is 3.22. The molecule has 1 aromatic rings. The molecule has 5 heteroatoms. The summed E-state index contributed by atoms with van der Waals surface area (Å²) in [6, 6.07) is 3.60. The molecule has 2 rings (SSSR count). The molecule has 2 heterocycles. The van der Waals surface area contributed by atoms with E-state index in [4.69, 9.17) is 4.74 Å². The highest BCUT2D eigenvalue weighted by Crippen LogP contribution is 2.19. The maximum absolute atomic E-state index is 11.3. The molecule has 0 aromatic carbocycles. The van der Waals surface area contributed by atoms with Crippen LogP contribution >= 0.6 is 0 Å². The molecule has 1 aliphatic heterocycles. The Bertz CT molecular complexity index is 377. The summed E-state index contributed by atoms with van der Waals surface area (Å²) >= 11 is 0. The molecule has 1 N–H and O–H groups in total. The molecular formula is C13H18N2O3. The number of carboxylic acids is 1. The molecule has 5 nitrogen and oxygen atoms in total. The maximum atomic E-state index is 11.3. The summed E-state index contributed by atoms with van der Waals surface area (Å²) in [4.78, 5) is 17.5. The van der Waals surface area contributed by atoms with Crippen LogP contribution in [0.3, 0.4) is 0 Å². The predicted octanol–water partition coefficient (Wildman–Crippen LogP) is 0.972. The van der Waals surface area contributed by atoms with Crippen LogP contribution in [-0.2, 0) is 9.53 Å². The number of ether oxygens (including phenoxy) is 1. The highest BCUT2D eigenvalue weighted by molar-refractivity contribution is 5.75. The van der Waals surface area contributed by atoms with E-state index in [1.54, 1.807) is 18.5 Å². The number of hydrogen-bond acceptors (Lipinski definition) is 4. The molecule has 1 saturated heterocycles. The van der Waals surface area contributed by atoms with E-state index in [9.17, 15) is 9.90 Å². The number of carboxylic acid groups (broad SMARTS) is 1. The summed E-state index contributed by atoms with van der Waals surface area (Å²) in [5, 5.41) is 9.29. The number of aliphatic carboxylic acids is 1. The minimum Gasteiger partial charge on any atom is -0.481 e. The number of pyridine rings is 1. The number of morpholine rings is 1. The first kappa shape index (κ1) is 13.0. The molecule has 0 bridgehead atoms. The van der Waals surface area contributed by atoms with E-state index < -0.39 is 11.9 Å². The Morgan fingerprint density at radius 1 is 1.50 bits per heavy atom. The van der Waals surface area contributed by atoms with Crippen molar-refractivity contribution in [3.8, 4) is 0 Å². The first-order valence-electron chi connectivity index (χ1n) is 6.20. The van der Waals surface area contributed by atoms with Gasteiger partial charge in [-0.15, -0.1) is 0 Å². The number of rotatable bonds is 5. The maximum Gasteiger partial charge on any atom is 0.311 e. The summed E-state index contributed by atoms with van der Waals surface area (Å²) < 4.78 is 5.27. The fourth-order valence-corrected chi connectivity index (χ4v) is 2.15. The zero-order valence-corrected chi connectivity index (χ0v) is 10.3. The normalized spacial score (nSPS) is 18.4. The lowest BCUT2D eigenvalue weighted by molar-refractivity contribution is -0.139. The fraction of sp³-hybridized carbons (Fsp3) is 0.538. The Labute approximate surface area is 106 Å². The first-order valence-corrected chi connectivity index (χ1v) is 6.20. The van der Waals surface area contributed by atoms with Crippen molar-refractivity contribution in [1.82, 2.24) is 9.88 Å². The Kier molecular flexibility index (Phi) is 4.66. The topological polar surface area (TPSA) is 62.7 Å². The summed E-state index contributed by atoms with van der Waals surface area (Å²) in [6.07, 6.45) is 3.91. The van der Waals surface area contributed by atoms with Gasteiger partial charge in [-0.05, 0) is 24.6 Å². The van der Waals surface area contributed by atoms with Gasteiger partial charge in [-0.3, -0.25) is 14.7 Å². The minimum absolute atomic E-state index is 0.471. The number of carbonyl (C=O) groups is 1. The van der Waals surface area contributed by atoms with Crippen molar-refractivity contribution in [2.75, 3.05) is 32.8 Å². The molecule has 0 aliphatic carbocycles. The van der Waals surface area contributed by atoms with E-state index in [0.717, 1.165) is 38.4 Å². The second-order valence-electron chi connectivity index (χ2n) is 4.42. The Balaban J connectivity index is 1.92. The lowest BCUT2D eigenvalue weighted by atomic mass is 9.97. The largest absolute Gasteiger partial charge is 0.481 e. The molecule has 0 spiro atoms. The third-order valence-electron chi connectivity index (χ3n) is 3.22. The number of aromatic nitrogens is 1. The molecule has 1 atom stereocenters. The minimum atomic E-state index is -0.781. The van der Waals surface area contributed by atoms with E-state index in [1.165, 1.54) is 0 Å². The predicted molar refractivity (Wildman–Crippen MR) is 66.5 cm³/mol. The van der Waals surface area contributed by atoms with Gasteiger partial charge in [0, 0.05) is 25.5 Å². The average molecular weight is 250 g/mol. The van der Waals surface area contributed by atoms with E-state index in [2.05, 4.69) is 9.88 Å². The van der Waals surface area contributed by atoms with Crippen molar-refractivity contribution in [3.63, 3.8) is 0 Å². The van der Waals surface area contributed by atoms with E-state index in [0.29, 0.717) is 6.42 Å². The Morgan fingerprint density at radius 3 is 2.89 bits per heavy atom. The Hall–Kier alpha value is -1.46. The summed E-state index contributed by atoms with van der Waals surface area (Å²) in [5.41, 5.74) is 0.776. The van der Waals surface area contributed by atoms with Crippen molar-refractivity contribution in [2.24, 2.45) is 0 Å². The van der Waals surface area contributed by atoms with Gasteiger partial charge in [0.1, 0.15) is 0 Å². The zero-order chi connectivity index (χ0) is 12.8. The van der Waals surface area contributed by atoms with E-state index in [-0.39, 0.29) is 0 Å². The molecule has 1 aromatic heterocycles. The van der Waals surface area contributed by atoms with Gasteiger partial charge in [-0.1, -0.05) is 6.07 Å². The van der Waals surface area contributed by atoms with Crippen LogP contribution in [0.2, 0.25) is 0 Å². The second-order valence-corrected chi connectivity index (χ2v) is 4.42. The van der Waals surface area contributed by atoms with Crippen LogP contribution < -0.4 is 0 Å². The van der Waals surface area contributed by atoms with Crippen LogP contribution in [0.4, 0.5) is 0 Å². The Morgan fingerprint density at radius 2 is 2.28 bits per heavy atom. The van der Waals surface area contributed by atoms with E-state index >= 15 is 0 Å². The van der Waals surface area contributed by atoms with Gasteiger partial charge < -0.3 is 9.84 Å².